The van der Waals surface area contributed by atoms with Crippen LogP contribution in [0.5, 0.6) is 0 Å². The Kier molecular flexibility index (Phi) is 5.54. The van der Waals surface area contributed by atoms with Crippen LogP contribution in [0, 0.1) is 12.8 Å². The zero-order valence-electron chi connectivity index (χ0n) is 17.9. The Morgan fingerprint density at radius 1 is 1.16 bits per heavy atom. The van der Waals surface area contributed by atoms with E-state index in [4.69, 9.17) is 4.99 Å². The number of amidine groups is 1. The standard InChI is InChI=1S/C23H24N6O2S/c1-3-15-7-9-17(10-8-15)29-22(31)18-12-24-27-21(18)26-23(29)32-13-16-11-20(30)28-14(2)5-4-6-19(28)25-16/h4-11,18,21,24,27H,3,12-13H2,1-2H3. The fourth-order valence-electron chi connectivity index (χ4n) is 4.06. The zero-order valence-corrected chi connectivity index (χ0v) is 18.7. The average molecular weight is 449 g/mol. The number of nitrogens with zero attached hydrogens (tertiary/aromatic N) is 4. The van der Waals surface area contributed by atoms with Crippen LogP contribution in [0.15, 0.2) is 58.3 Å². The molecule has 0 saturated carbocycles. The molecule has 0 bridgehead atoms. The first-order valence-electron chi connectivity index (χ1n) is 10.7. The van der Waals surface area contributed by atoms with Gasteiger partial charge in [0, 0.05) is 24.1 Å². The number of anilines is 1. The number of pyridine rings is 1. The molecule has 164 valence electrons. The van der Waals surface area contributed by atoms with Gasteiger partial charge in [0.25, 0.3) is 5.56 Å². The highest BCUT2D eigenvalue weighted by molar-refractivity contribution is 8.13. The van der Waals surface area contributed by atoms with Crippen molar-refractivity contribution in [3.8, 4) is 0 Å². The summed E-state index contributed by atoms with van der Waals surface area (Å²) in [5, 5.41) is 0.600. The van der Waals surface area contributed by atoms with Gasteiger partial charge in [0.1, 0.15) is 11.8 Å². The number of hydrazine groups is 1. The van der Waals surface area contributed by atoms with E-state index in [1.807, 2.05) is 49.4 Å². The summed E-state index contributed by atoms with van der Waals surface area (Å²) in [5.41, 5.74) is 10.1. The first-order valence-corrected chi connectivity index (χ1v) is 11.6. The van der Waals surface area contributed by atoms with Crippen molar-refractivity contribution < 1.29 is 4.79 Å². The first kappa shape index (κ1) is 20.9. The number of aromatic nitrogens is 2. The van der Waals surface area contributed by atoms with Crippen molar-refractivity contribution in [1.82, 2.24) is 20.2 Å². The van der Waals surface area contributed by atoms with Crippen LogP contribution in [-0.4, -0.2) is 33.2 Å². The molecule has 32 heavy (non-hydrogen) atoms. The molecule has 2 atom stereocenters. The SMILES string of the molecule is CCc1ccc(N2C(=O)C3CNNC3N=C2SCc2cc(=O)n3c(C)cccc3n2)cc1. The minimum absolute atomic E-state index is 0.0106. The molecule has 5 rings (SSSR count). The second-order valence-corrected chi connectivity index (χ2v) is 8.86. The highest BCUT2D eigenvalue weighted by atomic mass is 32.2. The van der Waals surface area contributed by atoms with Gasteiger partial charge in [-0.1, -0.05) is 36.9 Å². The van der Waals surface area contributed by atoms with Crippen molar-refractivity contribution >= 4 is 34.2 Å². The number of rotatable bonds is 4. The van der Waals surface area contributed by atoms with E-state index >= 15 is 0 Å². The number of hydrogen-bond acceptors (Lipinski definition) is 7. The minimum Gasteiger partial charge on any atom is -0.274 e. The van der Waals surface area contributed by atoms with Gasteiger partial charge in [-0.05, 0) is 43.2 Å². The third-order valence-electron chi connectivity index (χ3n) is 5.82. The Morgan fingerprint density at radius 2 is 1.97 bits per heavy atom. The van der Waals surface area contributed by atoms with E-state index in [-0.39, 0.29) is 23.6 Å². The summed E-state index contributed by atoms with van der Waals surface area (Å²) in [6.07, 6.45) is 0.638. The summed E-state index contributed by atoms with van der Waals surface area (Å²) >= 11 is 1.41. The summed E-state index contributed by atoms with van der Waals surface area (Å²) < 4.78 is 1.59. The second-order valence-electron chi connectivity index (χ2n) is 7.92. The third kappa shape index (κ3) is 3.72. The van der Waals surface area contributed by atoms with Crippen LogP contribution in [0.25, 0.3) is 5.65 Å². The van der Waals surface area contributed by atoms with Crippen LogP contribution in [0.2, 0.25) is 0 Å². The number of carbonyl (C=O) groups is 1. The van der Waals surface area contributed by atoms with Gasteiger partial charge in [-0.2, -0.15) is 0 Å². The van der Waals surface area contributed by atoms with Crippen LogP contribution in [-0.2, 0) is 17.0 Å². The topological polar surface area (TPSA) is 91.1 Å². The normalized spacial score (nSPS) is 20.5. The number of aryl methyl sites for hydroxylation is 2. The molecule has 2 aliphatic heterocycles. The third-order valence-corrected chi connectivity index (χ3v) is 6.80. The molecule has 1 fully saturated rings. The number of hydrogen-bond donors (Lipinski definition) is 2. The number of fused-ring (bicyclic) bond motifs is 2. The summed E-state index contributed by atoms with van der Waals surface area (Å²) in [4.78, 5) is 37.1. The fraction of sp³-hybridized carbons (Fsp3) is 0.304. The average Bonchev–Trinajstić information content (AvgIpc) is 3.27. The Balaban J connectivity index is 1.46. The number of nitrogens with one attached hydrogen (secondary N) is 2. The molecule has 2 aliphatic rings. The van der Waals surface area contributed by atoms with E-state index in [2.05, 4.69) is 22.8 Å². The molecule has 3 aromatic rings. The maximum atomic E-state index is 13.3. The molecule has 9 heteroatoms. The number of thioether (sulfide) groups is 1. The van der Waals surface area contributed by atoms with Crippen LogP contribution in [0.4, 0.5) is 5.69 Å². The molecule has 2 N–H and O–H groups in total. The summed E-state index contributed by atoms with van der Waals surface area (Å²) in [5.74, 6) is 0.188. The van der Waals surface area contributed by atoms with E-state index in [1.165, 1.54) is 17.3 Å². The van der Waals surface area contributed by atoms with Crippen molar-refractivity contribution in [2.45, 2.75) is 32.2 Å². The summed E-state index contributed by atoms with van der Waals surface area (Å²) in [6.45, 7) is 4.52. The smallest absolute Gasteiger partial charge is 0.258 e. The van der Waals surface area contributed by atoms with Gasteiger partial charge in [0.15, 0.2) is 5.17 Å². The Hall–Kier alpha value is -3.01. The Bertz CT molecular complexity index is 1270. The molecule has 1 saturated heterocycles. The van der Waals surface area contributed by atoms with E-state index < -0.39 is 0 Å². The highest BCUT2D eigenvalue weighted by Gasteiger charge is 2.42. The molecule has 1 amide bonds. The molecule has 4 heterocycles. The van der Waals surface area contributed by atoms with Crippen LogP contribution in [0.1, 0.15) is 23.9 Å². The maximum Gasteiger partial charge on any atom is 0.258 e. The van der Waals surface area contributed by atoms with Crippen molar-refractivity contribution in [2.75, 3.05) is 11.4 Å². The van der Waals surface area contributed by atoms with Gasteiger partial charge in [-0.3, -0.25) is 24.3 Å². The number of carbonyl (C=O) groups excluding carboxylic acids is 1. The van der Waals surface area contributed by atoms with Crippen molar-refractivity contribution in [2.24, 2.45) is 10.9 Å². The zero-order chi connectivity index (χ0) is 22.2. The number of benzene rings is 1. The molecule has 0 spiro atoms. The fourth-order valence-corrected chi connectivity index (χ4v) is 5.00. The van der Waals surface area contributed by atoms with Gasteiger partial charge in [0.2, 0.25) is 5.91 Å². The molecule has 1 aromatic carbocycles. The Morgan fingerprint density at radius 3 is 2.75 bits per heavy atom. The largest absolute Gasteiger partial charge is 0.274 e. The van der Waals surface area contributed by atoms with Gasteiger partial charge in [0.05, 0.1) is 17.3 Å². The first-order chi connectivity index (χ1) is 15.5. The van der Waals surface area contributed by atoms with E-state index in [0.29, 0.717) is 28.8 Å². The van der Waals surface area contributed by atoms with Gasteiger partial charge in [-0.15, -0.1) is 0 Å². The molecule has 2 unspecified atom stereocenters. The second kappa shape index (κ2) is 8.50. The molecular weight excluding hydrogens is 424 g/mol. The Labute approximate surface area is 189 Å². The van der Waals surface area contributed by atoms with Crippen molar-refractivity contribution in [3.05, 3.63) is 75.8 Å². The lowest BCUT2D eigenvalue weighted by Gasteiger charge is -2.32. The molecule has 2 aromatic heterocycles. The lowest BCUT2D eigenvalue weighted by atomic mass is 10.0. The quantitative estimate of drug-likeness (QED) is 0.636. The van der Waals surface area contributed by atoms with Crippen molar-refractivity contribution in [1.29, 1.82) is 0 Å². The van der Waals surface area contributed by atoms with E-state index in [1.54, 1.807) is 15.4 Å². The number of aliphatic imine (C=N–C) groups is 1. The minimum atomic E-state index is -0.297. The summed E-state index contributed by atoms with van der Waals surface area (Å²) in [7, 11) is 0. The van der Waals surface area contributed by atoms with Crippen LogP contribution < -0.4 is 21.3 Å². The highest BCUT2D eigenvalue weighted by Crippen LogP contribution is 2.30. The number of amides is 1. The molecule has 0 aliphatic carbocycles. The monoisotopic (exact) mass is 448 g/mol. The molecular formula is C23H24N6O2S. The lowest BCUT2D eigenvalue weighted by Crippen LogP contribution is -2.49. The van der Waals surface area contributed by atoms with Gasteiger partial charge < -0.3 is 0 Å². The van der Waals surface area contributed by atoms with Crippen LogP contribution in [0.3, 0.4) is 0 Å². The lowest BCUT2D eigenvalue weighted by molar-refractivity contribution is -0.121. The van der Waals surface area contributed by atoms with Gasteiger partial charge >= 0.3 is 0 Å². The molecule has 8 nitrogen and oxygen atoms in total. The van der Waals surface area contributed by atoms with E-state index in [9.17, 15) is 9.59 Å². The predicted octanol–water partition coefficient (Wildman–Crippen LogP) is 2.25. The molecule has 0 radical (unpaired) electrons. The maximum absolute atomic E-state index is 13.3. The summed E-state index contributed by atoms with van der Waals surface area (Å²) in [6, 6.07) is 15.2. The van der Waals surface area contributed by atoms with Gasteiger partial charge in [-0.25, -0.2) is 15.4 Å². The van der Waals surface area contributed by atoms with Crippen molar-refractivity contribution in [3.63, 3.8) is 0 Å². The van der Waals surface area contributed by atoms with E-state index in [0.717, 1.165) is 17.8 Å². The van der Waals surface area contributed by atoms with Crippen LogP contribution >= 0.6 is 11.8 Å². The predicted molar refractivity (Wildman–Crippen MR) is 127 cm³/mol.